The van der Waals surface area contributed by atoms with Crippen molar-refractivity contribution in [3.63, 3.8) is 0 Å². The summed E-state index contributed by atoms with van der Waals surface area (Å²) in [6.07, 6.45) is 0.312. The fraction of sp³-hybridized carbons (Fsp3) is 0.381. The highest BCUT2D eigenvalue weighted by molar-refractivity contribution is 5.97. The quantitative estimate of drug-likeness (QED) is 0.461. The lowest BCUT2D eigenvalue weighted by molar-refractivity contribution is 0.0482. The molecule has 0 aliphatic carbocycles. The highest BCUT2D eigenvalue weighted by Gasteiger charge is 2.20. The van der Waals surface area contributed by atoms with Crippen LogP contribution in [-0.2, 0) is 4.74 Å². The van der Waals surface area contributed by atoms with Crippen molar-refractivity contribution in [1.29, 1.82) is 0 Å². The molecule has 2 rings (SSSR count). The zero-order valence-electron chi connectivity index (χ0n) is 16.4. The summed E-state index contributed by atoms with van der Waals surface area (Å²) in [6, 6.07) is 10.8. The predicted molar refractivity (Wildman–Crippen MR) is 102 cm³/mol. The Hall–Kier alpha value is -2.73. The third-order valence-corrected chi connectivity index (χ3v) is 4.28. The van der Waals surface area contributed by atoms with Crippen LogP contribution in [0.1, 0.15) is 35.2 Å². The first-order valence-corrected chi connectivity index (χ1v) is 8.59. The van der Waals surface area contributed by atoms with Gasteiger partial charge in [0.05, 0.1) is 21.3 Å². The maximum Gasteiger partial charge on any atom is 0.188 e. The van der Waals surface area contributed by atoms with Crippen LogP contribution in [0.3, 0.4) is 0 Å². The van der Waals surface area contributed by atoms with Gasteiger partial charge in [0.2, 0.25) is 0 Å². The van der Waals surface area contributed by atoms with E-state index in [1.807, 2.05) is 25.1 Å². The van der Waals surface area contributed by atoms with E-state index < -0.39 is 0 Å². The third-order valence-electron chi connectivity index (χ3n) is 4.28. The van der Waals surface area contributed by atoms with Crippen molar-refractivity contribution >= 4 is 5.78 Å². The summed E-state index contributed by atoms with van der Waals surface area (Å²) in [7, 11) is 6.24. The molecule has 0 aromatic heterocycles. The molecule has 1 atom stereocenters. The van der Waals surface area contributed by atoms with Gasteiger partial charge in [0.1, 0.15) is 0 Å². The van der Waals surface area contributed by atoms with E-state index in [4.69, 9.17) is 23.7 Å². The van der Waals surface area contributed by atoms with Gasteiger partial charge in [0.25, 0.3) is 0 Å². The average Bonchev–Trinajstić information content (AvgIpc) is 2.71. The van der Waals surface area contributed by atoms with Crippen molar-refractivity contribution in [2.75, 3.05) is 35.2 Å². The molecular formula is C21H26O6. The molecule has 0 saturated heterocycles. The summed E-state index contributed by atoms with van der Waals surface area (Å²) < 4.78 is 26.6. The normalized spacial score (nSPS) is 11.6. The molecule has 6 nitrogen and oxygen atoms in total. The Morgan fingerprint density at radius 2 is 1.63 bits per heavy atom. The molecule has 2 aromatic rings. The molecule has 0 fully saturated rings. The van der Waals surface area contributed by atoms with Crippen LogP contribution < -0.4 is 18.9 Å². The zero-order chi connectivity index (χ0) is 19.8. The van der Waals surface area contributed by atoms with Gasteiger partial charge in [-0.3, -0.25) is 4.79 Å². The van der Waals surface area contributed by atoms with Crippen molar-refractivity contribution < 1.29 is 28.5 Å². The Bertz CT molecular complexity index is 771. The summed E-state index contributed by atoms with van der Waals surface area (Å²) >= 11 is 0. The molecule has 0 bridgehead atoms. The number of benzene rings is 2. The molecule has 0 radical (unpaired) electrons. The minimum atomic E-state index is -0.0763. The monoisotopic (exact) mass is 374 g/mol. The fourth-order valence-electron chi connectivity index (χ4n) is 2.87. The summed E-state index contributed by atoms with van der Waals surface area (Å²) in [5, 5.41) is 0. The molecule has 0 aliphatic rings. The lowest BCUT2D eigenvalue weighted by Gasteiger charge is -2.19. The van der Waals surface area contributed by atoms with E-state index in [0.29, 0.717) is 35.0 Å². The number of methoxy groups -OCH3 is 4. The van der Waals surface area contributed by atoms with Crippen molar-refractivity contribution in [2.24, 2.45) is 0 Å². The number of carbonyl (C=O) groups is 1. The highest BCUT2D eigenvalue weighted by atomic mass is 16.7. The van der Waals surface area contributed by atoms with Crippen LogP contribution in [0.25, 0.3) is 0 Å². The molecule has 146 valence electrons. The summed E-state index contributed by atoms with van der Waals surface area (Å²) in [4.78, 5) is 12.8. The van der Waals surface area contributed by atoms with Gasteiger partial charge < -0.3 is 23.7 Å². The standard InChI is InChI=1S/C21H26O6/c1-14(16-7-6-8-19(25-4)21(16)27-13-23-2)11-17(22)15-9-10-18(24-3)20(12-15)26-5/h6-10,12,14H,11,13H2,1-5H3. The molecule has 1 unspecified atom stereocenters. The van der Waals surface area contributed by atoms with Crippen molar-refractivity contribution in [2.45, 2.75) is 19.3 Å². The summed E-state index contributed by atoms with van der Waals surface area (Å²) in [5.74, 6) is 2.24. The zero-order valence-corrected chi connectivity index (χ0v) is 16.4. The van der Waals surface area contributed by atoms with E-state index in [1.165, 1.54) is 0 Å². The van der Waals surface area contributed by atoms with E-state index in [9.17, 15) is 4.79 Å². The van der Waals surface area contributed by atoms with Gasteiger partial charge in [-0.2, -0.15) is 0 Å². The lowest BCUT2D eigenvalue weighted by atomic mass is 9.92. The number of ketones is 1. The summed E-state index contributed by atoms with van der Waals surface area (Å²) in [5.41, 5.74) is 1.46. The second-order valence-electron chi connectivity index (χ2n) is 6.03. The number of para-hydroxylation sites is 1. The van der Waals surface area contributed by atoms with E-state index in [0.717, 1.165) is 5.56 Å². The third kappa shape index (κ3) is 4.92. The SMILES string of the molecule is COCOc1c(OC)cccc1C(C)CC(=O)c1ccc(OC)c(OC)c1. The number of Topliss-reactive ketones (excluding diaryl/α,β-unsaturated/α-hetero) is 1. The Balaban J connectivity index is 2.24. The maximum absolute atomic E-state index is 12.8. The molecule has 27 heavy (non-hydrogen) atoms. The van der Waals surface area contributed by atoms with Crippen LogP contribution in [-0.4, -0.2) is 41.0 Å². The Labute approximate surface area is 160 Å². The second-order valence-corrected chi connectivity index (χ2v) is 6.03. The smallest absolute Gasteiger partial charge is 0.188 e. The van der Waals surface area contributed by atoms with Gasteiger partial charge in [-0.15, -0.1) is 0 Å². The van der Waals surface area contributed by atoms with Crippen LogP contribution in [0.2, 0.25) is 0 Å². The number of rotatable bonds is 10. The van der Waals surface area contributed by atoms with Crippen LogP contribution in [0.5, 0.6) is 23.0 Å². The maximum atomic E-state index is 12.8. The van der Waals surface area contributed by atoms with Crippen molar-refractivity contribution in [1.82, 2.24) is 0 Å². The first-order valence-electron chi connectivity index (χ1n) is 8.59. The second kappa shape index (κ2) is 9.83. The molecule has 0 saturated carbocycles. The van der Waals surface area contributed by atoms with Crippen LogP contribution >= 0.6 is 0 Å². The molecule has 0 aliphatic heterocycles. The minimum Gasteiger partial charge on any atom is -0.493 e. The Morgan fingerprint density at radius 1 is 0.926 bits per heavy atom. The van der Waals surface area contributed by atoms with Gasteiger partial charge >= 0.3 is 0 Å². The number of carbonyl (C=O) groups excluding carboxylic acids is 1. The largest absolute Gasteiger partial charge is 0.493 e. The lowest BCUT2D eigenvalue weighted by Crippen LogP contribution is -2.09. The number of ether oxygens (including phenoxy) is 5. The molecule has 2 aromatic carbocycles. The molecule has 0 spiro atoms. The van der Waals surface area contributed by atoms with Gasteiger partial charge in [0, 0.05) is 24.7 Å². The van der Waals surface area contributed by atoms with E-state index in [-0.39, 0.29) is 18.5 Å². The summed E-state index contributed by atoms with van der Waals surface area (Å²) in [6.45, 7) is 2.08. The first kappa shape index (κ1) is 20.6. The predicted octanol–water partition coefficient (Wildman–Crippen LogP) is 4.07. The van der Waals surface area contributed by atoms with E-state index >= 15 is 0 Å². The van der Waals surface area contributed by atoms with E-state index in [1.54, 1.807) is 46.6 Å². The van der Waals surface area contributed by atoms with Crippen LogP contribution in [0, 0.1) is 0 Å². The molecule has 0 amide bonds. The minimum absolute atomic E-state index is 0.00367. The average molecular weight is 374 g/mol. The Kier molecular flexibility index (Phi) is 7.49. The van der Waals surface area contributed by atoms with Crippen LogP contribution in [0.4, 0.5) is 0 Å². The topological polar surface area (TPSA) is 63.2 Å². The molecule has 0 heterocycles. The van der Waals surface area contributed by atoms with Gasteiger partial charge in [-0.1, -0.05) is 19.1 Å². The molecule has 6 heteroatoms. The highest BCUT2D eigenvalue weighted by Crippen LogP contribution is 2.37. The van der Waals surface area contributed by atoms with Gasteiger partial charge in [-0.25, -0.2) is 0 Å². The fourth-order valence-corrected chi connectivity index (χ4v) is 2.87. The van der Waals surface area contributed by atoms with Gasteiger partial charge in [-0.05, 0) is 30.2 Å². The van der Waals surface area contributed by atoms with E-state index in [2.05, 4.69) is 0 Å². The molecular weight excluding hydrogens is 348 g/mol. The Morgan fingerprint density at radius 3 is 2.26 bits per heavy atom. The van der Waals surface area contributed by atoms with Gasteiger partial charge in [0.15, 0.2) is 35.6 Å². The van der Waals surface area contributed by atoms with Crippen molar-refractivity contribution in [3.05, 3.63) is 47.5 Å². The first-order chi connectivity index (χ1) is 13.0. The molecule has 0 N–H and O–H groups in total. The number of hydrogen-bond acceptors (Lipinski definition) is 6. The van der Waals surface area contributed by atoms with Crippen molar-refractivity contribution in [3.8, 4) is 23.0 Å². The van der Waals surface area contributed by atoms with Crippen LogP contribution in [0.15, 0.2) is 36.4 Å². The number of hydrogen-bond donors (Lipinski definition) is 0.